The number of halogens is 1. The summed E-state index contributed by atoms with van der Waals surface area (Å²) in [6.45, 7) is 7.87. The molecule has 4 nitrogen and oxygen atoms in total. The van der Waals surface area contributed by atoms with E-state index in [1.54, 1.807) is 17.0 Å². The van der Waals surface area contributed by atoms with Gasteiger partial charge in [0.25, 0.3) is 0 Å². The number of amides is 2. The lowest BCUT2D eigenvalue weighted by atomic mass is 10.0. The summed E-state index contributed by atoms with van der Waals surface area (Å²) in [6.07, 6.45) is 0.699. The molecule has 0 aliphatic heterocycles. The van der Waals surface area contributed by atoms with Crippen molar-refractivity contribution < 1.29 is 14.0 Å². The van der Waals surface area contributed by atoms with Gasteiger partial charge in [-0.1, -0.05) is 49.4 Å². The van der Waals surface area contributed by atoms with Gasteiger partial charge in [0.05, 0.1) is 6.42 Å². The van der Waals surface area contributed by atoms with Crippen LogP contribution in [0.25, 0.3) is 0 Å². The first kappa shape index (κ1) is 21.6. The summed E-state index contributed by atoms with van der Waals surface area (Å²) in [4.78, 5) is 27.6. The monoisotopic (exact) mass is 384 g/mol. The van der Waals surface area contributed by atoms with Gasteiger partial charge in [0.15, 0.2) is 0 Å². The maximum Gasteiger partial charge on any atom is 0.243 e. The minimum Gasteiger partial charge on any atom is -0.350 e. The van der Waals surface area contributed by atoms with Crippen molar-refractivity contribution in [2.45, 2.75) is 58.7 Å². The average molecular weight is 384 g/mol. The normalized spacial score (nSPS) is 12.3. The van der Waals surface area contributed by atoms with Crippen molar-refractivity contribution in [1.29, 1.82) is 0 Å². The number of benzene rings is 2. The molecule has 0 spiro atoms. The molecule has 1 atom stereocenters. The molecule has 0 aliphatic carbocycles. The maximum atomic E-state index is 13.3. The highest BCUT2D eigenvalue weighted by Crippen LogP contribution is 2.16. The van der Waals surface area contributed by atoms with Crippen LogP contribution in [0, 0.1) is 5.82 Å². The van der Waals surface area contributed by atoms with Crippen LogP contribution in [0.5, 0.6) is 0 Å². The second-order valence-electron chi connectivity index (χ2n) is 7.97. The largest absolute Gasteiger partial charge is 0.350 e. The molecule has 2 aromatic carbocycles. The minimum absolute atomic E-state index is 0.133. The lowest BCUT2D eigenvalue weighted by Gasteiger charge is -2.33. The Labute approximate surface area is 166 Å². The third-order valence-corrected chi connectivity index (χ3v) is 4.35. The number of nitrogens with zero attached hydrogens (tertiary/aromatic N) is 1. The van der Waals surface area contributed by atoms with Gasteiger partial charge < -0.3 is 10.2 Å². The van der Waals surface area contributed by atoms with E-state index in [1.807, 2.05) is 58.0 Å². The first-order chi connectivity index (χ1) is 13.2. The van der Waals surface area contributed by atoms with E-state index < -0.39 is 11.6 Å². The molecule has 0 heterocycles. The van der Waals surface area contributed by atoms with Gasteiger partial charge in [-0.3, -0.25) is 9.59 Å². The van der Waals surface area contributed by atoms with Gasteiger partial charge in [-0.15, -0.1) is 0 Å². The quantitative estimate of drug-likeness (QED) is 0.782. The van der Waals surface area contributed by atoms with Crippen molar-refractivity contribution in [3.63, 3.8) is 0 Å². The van der Waals surface area contributed by atoms with Crippen molar-refractivity contribution >= 4 is 11.8 Å². The lowest BCUT2D eigenvalue weighted by molar-refractivity contribution is -0.141. The predicted octanol–water partition coefficient (Wildman–Crippen LogP) is 4.09. The highest BCUT2D eigenvalue weighted by Gasteiger charge is 2.30. The zero-order valence-electron chi connectivity index (χ0n) is 17.0. The summed E-state index contributed by atoms with van der Waals surface area (Å²) >= 11 is 0. The zero-order chi connectivity index (χ0) is 20.7. The lowest BCUT2D eigenvalue weighted by Crippen LogP contribution is -2.53. The molecule has 2 aromatic rings. The molecular weight excluding hydrogens is 355 g/mol. The van der Waals surface area contributed by atoms with Crippen LogP contribution in [0.4, 0.5) is 4.39 Å². The van der Waals surface area contributed by atoms with Gasteiger partial charge in [-0.2, -0.15) is 0 Å². The molecule has 28 heavy (non-hydrogen) atoms. The first-order valence-electron chi connectivity index (χ1n) is 9.59. The average Bonchev–Trinajstić information content (AvgIpc) is 2.62. The van der Waals surface area contributed by atoms with Crippen molar-refractivity contribution in [3.05, 3.63) is 71.5 Å². The van der Waals surface area contributed by atoms with Gasteiger partial charge in [0, 0.05) is 12.1 Å². The minimum atomic E-state index is -0.597. The fourth-order valence-electron chi connectivity index (χ4n) is 3.03. The highest BCUT2D eigenvalue weighted by molar-refractivity contribution is 5.88. The molecule has 0 bridgehead atoms. The molecule has 2 rings (SSSR count). The van der Waals surface area contributed by atoms with Crippen LogP contribution in [0.1, 0.15) is 45.2 Å². The van der Waals surface area contributed by atoms with E-state index in [0.29, 0.717) is 6.42 Å². The second-order valence-corrected chi connectivity index (χ2v) is 7.97. The Morgan fingerprint density at radius 1 is 1.00 bits per heavy atom. The SMILES string of the molecule is CC[C@H](C(=O)NC(C)(C)C)N(Cc1ccc(F)cc1)C(=O)Cc1ccccc1. The van der Waals surface area contributed by atoms with Gasteiger partial charge in [-0.25, -0.2) is 4.39 Å². The van der Waals surface area contributed by atoms with Crippen molar-refractivity contribution in [2.24, 2.45) is 0 Å². The standard InChI is InChI=1S/C23H29FN2O2/c1-5-20(22(28)25-23(2,3)4)26(16-18-11-13-19(24)14-12-18)21(27)15-17-9-7-6-8-10-17/h6-14,20H,5,15-16H2,1-4H3,(H,25,28)/t20-/m1/s1. The third kappa shape index (κ3) is 6.48. The molecule has 5 heteroatoms. The van der Waals surface area contributed by atoms with Crippen LogP contribution >= 0.6 is 0 Å². The summed E-state index contributed by atoms with van der Waals surface area (Å²) < 4.78 is 13.3. The van der Waals surface area contributed by atoms with Crippen LogP contribution in [-0.4, -0.2) is 28.3 Å². The fraction of sp³-hybridized carbons (Fsp3) is 0.391. The maximum absolute atomic E-state index is 13.3. The van der Waals surface area contributed by atoms with Crippen LogP contribution < -0.4 is 5.32 Å². The molecule has 1 N–H and O–H groups in total. The molecule has 0 unspecified atom stereocenters. The number of carbonyl (C=O) groups excluding carboxylic acids is 2. The van der Waals surface area contributed by atoms with Crippen molar-refractivity contribution in [3.8, 4) is 0 Å². The van der Waals surface area contributed by atoms with E-state index in [-0.39, 0.29) is 30.6 Å². The molecule has 0 saturated heterocycles. The summed E-state index contributed by atoms with van der Waals surface area (Å²) in [5, 5.41) is 2.97. The summed E-state index contributed by atoms with van der Waals surface area (Å²) in [6, 6.07) is 14.9. The first-order valence-corrected chi connectivity index (χ1v) is 9.59. The van der Waals surface area contributed by atoms with Crippen molar-refractivity contribution in [2.75, 3.05) is 0 Å². The van der Waals surface area contributed by atoms with Gasteiger partial charge in [0.1, 0.15) is 11.9 Å². The Bertz CT molecular complexity index is 782. The van der Waals surface area contributed by atoms with Crippen molar-refractivity contribution in [1.82, 2.24) is 10.2 Å². The van der Waals surface area contributed by atoms with Gasteiger partial charge >= 0.3 is 0 Å². The number of carbonyl (C=O) groups is 2. The van der Waals surface area contributed by atoms with Crippen LogP contribution in [0.3, 0.4) is 0 Å². The fourth-order valence-corrected chi connectivity index (χ4v) is 3.03. The molecule has 150 valence electrons. The Morgan fingerprint density at radius 3 is 2.14 bits per heavy atom. The van der Waals surface area contributed by atoms with Gasteiger partial charge in [0.2, 0.25) is 11.8 Å². The molecule has 0 aromatic heterocycles. The van der Waals surface area contributed by atoms with Gasteiger partial charge in [-0.05, 0) is 50.5 Å². The number of nitrogens with one attached hydrogen (secondary N) is 1. The molecular formula is C23H29FN2O2. The summed E-state index contributed by atoms with van der Waals surface area (Å²) in [7, 11) is 0. The molecule has 0 aliphatic rings. The van der Waals surface area contributed by atoms with E-state index >= 15 is 0 Å². The zero-order valence-corrected chi connectivity index (χ0v) is 17.0. The van der Waals surface area contributed by atoms with E-state index in [9.17, 15) is 14.0 Å². The Kier molecular flexibility index (Phi) is 7.32. The molecule has 2 amide bonds. The predicted molar refractivity (Wildman–Crippen MR) is 109 cm³/mol. The van der Waals surface area contributed by atoms with E-state index in [1.165, 1.54) is 12.1 Å². The second kappa shape index (κ2) is 9.49. The number of hydrogen-bond donors (Lipinski definition) is 1. The van der Waals surface area contributed by atoms with Crippen LogP contribution in [0.2, 0.25) is 0 Å². The Morgan fingerprint density at radius 2 is 1.61 bits per heavy atom. The molecule has 0 fully saturated rings. The van der Waals surface area contributed by atoms with Crippen LogP contribution in [-0.2, 0) is 22.6 Å². The smallest absolute Gasteiger partial charge is 0.243 e. The number of rotatable bonds is 7. The molecule has 0 radical (unpaired) electrons. The van der Waals surface area contributed by atoms with E-state index in [4.69, 9.17) is 0 Å². The Hall–Kier alpha value is -2.69. The third-order valence-electron chi connectivity index (χ3n) is 4.35. The van der Waals surface area contributed by atoms with E-state index in [0.717, 1.165) is 11.1 Å². The summed E-state index contributed by atoms with van der Waals surface area (Å²) in [5.41, 5.74) is 1.28. The highest BCUT2D eigenvalue weighted by atomic mass is 19.1. The van der Waals surface area contributed by atoms with Crippen LogP contribution in [0.15, 0.2) is 54.6 Å². The topological polar surface area (TPSA) is 49.4 Å². The number of hydrogen-bond acceptors (Lipinski definition) is 2. The molecule has 0 saturated carbocycles. The van der Waals surface area contributed by atoms with E-state index in [2.05, 4.69) is 5.32 Å². The summed E-state index contributed by atoms with van der Waals surface area (Å²) in [5.74, 6) is -0.645. The Balaban J connectivity index is 2.28.